The molecule has 2 N–H and O–H groups in total. The summed E-state index contributed by atoms with van der Waals surface area (Å²) in [7, 11) is 0. The summed E-state index contributed by atoms with van der Waals surface area (Å²) in [4.78, 5) is 39.9. The molecule has 45 heavy (non-hydrogen) atoms. The van der Waals surface area contributed by atoms with Gasteiger partial charge in [-0.15, -0.1) is 21.5 Å². The van der Waals surface area contributed by atoms with Crippen molar-refractivity contribution in [2.24, 2.45) is 0 Å². The van der Waals surface area contributed by atoms with Crippen molar-refractivity contribution < 1.29 is 28.6 Å². The van der Waals surface area contributed by atoms with Gasteiger partial charge < -0.3 is 24.8 Å². The molecule has 1 aliphatic carbocycles. The molecule has 0 aliphatic heterocycles. The molecule has 236 valence electrons. The summed E-state index contributed by atoms with van der Waals surface area (Å²) in [5.74, 6) is 0.772. The number of anilines is 1. The Hall–Kier alpha value is -4.36. The highest BCUT2D eigenvalue weighted by atomic mass is 32.2. The first-order valence-electron chi connectivity index (χ1n) is 14.8. The molecule has 0 spiro atoms. The topological polar surface area (TPSA) is 134 Å². The van der Waals surface area contributed by atoms with Gasteiger partial charge in [-0.2, -0.15) is 0 Å². The van der Waals surface area contributed by atoms with Crippen LogP contribution < -0.4 is 20.1 Å². The van der Waals surface area contributed by atoms with E-state index in [1.54, 1.807) is 30.5 Å². The van der Waals surface area contributed by atoms with E-state index >= 15 is 0 Å². The number of hydrogen-bond donors (Lipinski definition) is 2. The van der Waals surface area contributed by atoms with Crippen molar-refractivity contribution in [1.82, 2.24) is 20.1 Å². The monoisotopic (exact) mass is 649 g/mol. The molecule has 1 aliphatic rings. The average Bonchev–Trinajstić information content (AvgIpc) is 3.75. The number of amides is 2. The van der Waals surface area contributed by atoms with Crippen LogP contribution in [0.4, 0.5) is 5.00 Å². The lowest BCUT2D eigenvalue weighted by atomic mass is 10.1. The summed E-state index contributed by atoms with van der Waals surface area (Å²) < 4.78 is 18.2. The van der Waals surface area contributed by atoms with Gasteiger partial charge in [-0.05, 0) is 82.0 Å². The van der Waals surface area contributed by atoms with Crippen LogP contribution in [0.15, 0.2) is 59.8 Å². The molecule has 1 atom stereocenters. The maximum absolute atomic E-state index is 13.4. The van der Waals surface area contributed by atoms with Gasteiger partial charge in [0.1, 0.15) is 16.5 Å². The fourth-order valence-corrected chi connectivity index (χ4v) is 7.01. The third kappa shape index (κ3) is 7.84. The molecule has 4 aromatic rings. The predicted octanol–water partition coefficient (Wildman–Crippen LogP) is 5.21. The number of hydrogen-bond acceptors (Lipinski definition) is 10. The molecule has 5 rings (SSSR count). The van der Waals surface area contributed by atoms with Gasteiger partial charge in [0.25, 0.3) is 5.91 Å². The number of thiophene rings is 1. The Balaban J connectivity index is 1.32. The van der Waals surface area contributed by atoms with Crippen LogP contribution in [0.25, 0.3) is 5.69 Å². The van der Waals surface area contributed by atoms with Gasteiger partial charge in [0.05, 0.1) is 30.6 Å². The largest absolute Gasteiger partial charge is 0.494 e. The van der Waals surface area contributed by atoms with Crippen LogP contribution in [-0.2, 0) is 33.7 Å². The first-order chi connectivity index (χ1) is 21.9. The quantitative estimate of drug-likeness (QED) is 0.140. The highest BCUT2D eigenvalue weighted by molar-refractivity contribution is 8.00. The molecule has 0 fully saturated rings. The van der Waals surface area contributed by atoms with E-state index in [-0.39, 0.29) is 31.6 Å². The van der Waals surface area contributed by atoms with E-state index in [9.17, 15) is 14.4 Å². The number of aryl methyl sites for hydroxylation is 1. The normalized spacial score (nSPS) is 12.7. The molecule has 2 heterocycles. The number of carbonyl (C=O) groups is 3. The van der Waals surface area contributed by atoms with Crippen LogP contribution in [0.5, 0.6) is 11.5 Å². The summed E-state index contributed by atoms with van der Waals surface area (Å²) in [6.45, 7) is 6.17. The molecule has 2 amide bonds. The summed E-state index contributed by atoms with van der Waals surface area (Å²) in [5, 5.41) is 14.9. The van der Waals surface area contributed by atoms with Gasteiger partial charge in [-0.1, -0.05) is 30.0 Å². The van der Waals surface area contributed by atoms with E-state index in [0.29, 0.717) is 39.7 Å². The van der Waals surface area contributed by atoms with Crippen molar-refractivity contribution in [3.8, 4) is 17.2 Å². The van der Waals surface area contributed by atoms with Crippen LogP contribution in [0.3, 0.4) is 0 Å². The second-order valence-electron chi connectivity index (χ2n) is 10.1. The van der Waals surface area contributed by atoms with E-state index in [0.717, 1.165) is 35.4 Å². The van der Waals surface area contributed by atoms with Crippen LogP contribution in [0.2, 0.25) is 0 Å². The Kier molecular flexibility index (Phi) is 10.7. The minimum absolute atomic E-state index is 0.0853. The number of para-hydroxylation sites is 1. The maximum Gasteiger partial charge on any atom is 0.341 e. The first kappa shape index (κ1) is 32.0. The second kappa shape index (κ2) is 15.1. The number of aromatic nitrogens is 3. The third-order valence-corrected chi connectivity index (χ3v) is 9.20. The van der Waals surface area contributed by atoms with E-state index < -0.39 is 11.2 Å². The molecule has 0 saturated carbocycles. The molecule has 13 heteroatoms. The highest BCUT2D eigenvalue weighted by Gasteiger charge is 2.30. The fourth-order valence-electron chi connectivity index (χ4n) is 4.84. The third-order valence-electron chi connectivity index (χ3n) is 6.95. The van der Waals surface area contributed by atoms with Gasteiger partial charge in [-0.3, -0.25) is 14.2 Å². The number of thioether (sulfide) groups is 1. The molecule has 1 unspecified atom stereocenters. The van der Waals surface area contributed by atoms with Crippen molar-refractivity contribution in [3.05, 3.63) is 76.4 Å². The molecule has 11 nitrogen and oxygen atoms in total. The van der Waals surface area contributed by atoms with E-state index in [1.807, 2.05) is 49.4 Å². The summed E-state index contributed by atoms with van der Waals surface area (Å²) in [6, 6.07) is 16.5. The maximum atomic E-state index is 13.4. The fraction of sp³-hybridized carbons (Fsp3) is 0.344. The number of rotatable bonds is 14. The van der Waals surface area contributed by atoms with Crippen molar-refractivity contribution in [2.45, 2.75) is 57.0 Å². The van der Waals surface area contributed by atoms with Crippen LogP contribution >= 0.6 is 23.1 Å². The number of benzene rings is 2. The van der Waals surface area contributed by atoms with Crippen molar-refractivity contribution in [2.75, 3.05) is 25.1 Å². The Morgan fingerprint density at radius 2 is 1.73 bits per heavy atom. The SMILES string of the molecule is CCOC(=O)c1c(NC(=O)C(C)Sc2nnc(CNC(=O)COc3ccccc3)n2-c2ccc(OCC)cc2)sc2c1CCC2. The zero-order valence-corrected chi connectivity index (χ0v) is 27.0. The zero-order valence-electron chi connectivity index (χ0n) is 25.3. The van der Waals surface area contributed by atoms with Crippen LogP contribution in [-0.4, -0.2) is 57.6 Å². The predicted molar refractivity (Wildman–Crippen MR) is 173 cm³/mol. The lowest BCUT2D eigenvalue weighted by Crippen LogP contribution is -2.29. The number of carbonyl (C=O) groups excluding carboxylic acids is 3. The van der Waals surface area contributed by atoms with Crippen LogP contribution in [0, 0.1) is 0 Å². The van der Waals surface area contributed by atoms with Gasteiger partial charge in [0.15, 0.2) is 17.6 Å². The molecule has 0 bridgehead atoms. The average molecular weight is 650 g/mol. The summed E-state index contributed by atoms with van der Waals surface area (Å²) in [5.41, 5.74) is 2.18. The van der Waals surface area contributed by atoms with Crippen molar-refractivity contribution in [3.63, 3.8) is 0 Å². The summed E-state index contributed by atoms with van der Waals surface area (Å²) in [6.07, 6.45) is 2.66. The number of esters is 1. The molecule has 0 saturated heterocycles. The molecular formula is C32H35N5O6S2. The highest BCUT2D eigenvalue weighted by Crippen LogP contribution is 2.40. The molecule has 0 radical (unpaired) electrons. The van der Waals surface area contributed by atoms with Gasteiger partial charge in [0.2, 0.25) is 5.91 Å². The minimum Gasteiger partial charge on any atom is -0.494 e. The van der Waals surface area contributed by atoms with Crippen LogP contribution in [0.1, 0.15) is 53.8 Å². The zero-order chi connectivity index (χ0) is 31.8. The van der Waals surface area contributed by atoms with Gasteiger partial charge in [0, 0.05) is 10.6 Å². The second-order valence-corrected chi connectivity index (χ2v) is 12.5. The Bertz CT molecular complexity index is 1640. The standard InChI is InChI=1S/C32H35N5O6S2/c1-4-41-23-16-14-21(15-17-23)37-26(18-33-27(38)19-43-22-10-7-6-8-11-22)35-36-32(37)44-20(3)29(39)34-30-28(31(40)42-5-2)24-12-9-13-25(24)45-30/h6-8,10-11,14-17,20H,4-5,9,12-13,18-19H2,1-3H3,(H,33,38)(H,34,39). The molecule has 2 aromatic carbocycles. The number of fused-ring (bicyclic) bond motifs is 1. The minimum atomic E-state index is -0.593. The Morgan fingerprint density at radius 3 is 2.47 bits per heavy atom. The molecular weight excluding hydrogens is 615 g/mol. The molecule has 2 aromatic heterocycles. The van der Waals surface area contributed by atoms with E-state index in [1.165, 1.54) is 23.1 Å². The number of ether oxygens (including phenoxy) is 3. The van der Waals surface area contributed by atoms with Crippen molar-refractivity contribution >= 4 is 45.9 Å². The lowest BCUT2D eigenvalue weighted by molar-refractivity contribution is -0.123. The van der Waals surface area contributed by atoms with Gasteiger partial charge >= 0.3 is 5.97 Å². The smallest absolute Gasteiger partial charge is 0.341 e. The van der Waals surface area contributed by atoms with E-state index in [2.05, 4.69) is 20.8 Å². The van der Waals surface area contributed by atoms with Gasteiger partial charge in [-0.25, -0.2) is 4.79 Å². The van der Waals surface area contributed by atoms with Crippen molar-refractivity contribution in [1.29, 1.82) is 0 Å². The lowest BCUT2D eigenvalue weighted by Gasteiger charge is -2.15. The van der Waals surface area contributed by atoms with E-state index in [4.69, 9.17) is 14.2 Å². The summed E-state index contributed by atoms with van der Waals surface area (Å²) >= 11 is 2.66. The first-order valence-corrected chi connectivity index (χ1v) is 16.5. The Labute approximate surface area is 269 Å². The number of nitrogens with one attached hydrogen (secondary N) is 2. The number of nitrogens with zero attached hydrogens (tertiary/aromatic N) is 3. The Morgan fingerprint density at radius 1 is 0.978 bits per heavy atom.